The number of hydrogen-bond acceptors (Lipinski definition) is 3. The van der Waals surface area contributed by atoms with Crippen LogP contribution in [0.2, 0.25) is 0 Å². The van der Waals surface area contributed by atoms with Crippen LogP contribution in [0.15, 0.2) is 35.0 Å². The third-order valence-corrected chi connectivity index (χ3v) is 3.76. The highest BCUT2D eigenvalue weighted by Gasteiger charge is 2.31. The minimum atomic E-state index is -4.37. The summed E-state index contributed by atoms with van der Waals surface area (Å²) in [5.74, 6) is 0.213. The molecule has 2 aromatic heterocycles. The van der Waals surface area contributed by atoms with Crippen LogP contribution in [0.5, 0.6) is 0 Å². The van der Waals surface area contributed by atoms with Crippen LogP contribution in [-0.2, 0) is 12.7 Å². The predicted molar refractivity (Wildman–Crippen MR) is 72.6 cm³/mol. The first kappa shape index (κ1) is 13.0. The third-order valence-electron chi connectivity index (χ3n) is 3.03. The Morgan fingerprint density at radius 3 is 2.70 bits per heavy atom. The van der Waals surface area contributed by atoms with Gasteiger partial charge in [0, 0.05) is 0 Å². The van der Waals surface area contributed by atoms with Crippen molar-refractivity contribution < 1.29 is 13.2 Å². The number of benzene rings is 1. The number of nitrogens with zero attached hydrogens (tertiary/aromatic N) is 2. The van der Waals surface area contributed by atoms with E-state index >= 15 is 0 Å². The number of thiophene rings is 1. The number of aromatic nitrogens is 2. The molecule has 104 valence electrons. The second-order valence-corrected chi connectivity index (χ2v) is 5.17. The highest BCUT2D eigenvalue weighted by Crippen LogP contribution is 2.32. The first-order chi connectivity index (χ1) is 9.45. The lowest BCUT2D eigenvalue weighted by Crippen LogP contribution is -2.05. The summed E-state index contributed by atoms with van der Waals surface area (Å²) in [6.45, 7) is 0.497. The molecule has 2 heterocycles. The van der Waals surface area contributed by atoms with Gasteiger partial charge in [0.1, 0.15) is 0 Å². The van der Waals surface area contributed by atoms with Crippen LogP contribution in [0, 0.1) is 0 Å². The maximum atomic E-state index is 12.7. The molecule has 0 spiro atoms. The summed E-state index contributed by atoms with van der Waals surface area (Å²) in [5.41, 5.74) is 6.98. The van der Waals surface area contributed by atoms with Gasteiger partial charge in [-0.25, -0.2) is 4.98 Å². The molecule has 0 aliphatic heterocycles. The molecule has 0 saturated heterocycles. The first-order valence-corrected chi connectivity index (χ1v) is 6.73. The fourth-order valence-corrected chi connectivity index (χ4v) is 2.72. The summed E-state index contributed by atoms with van der Waals surface area (Å²) in [6, 6.07) is 5.43. The fraction of sp³-hybridized carbons (Fsp3) is 0.154. The molecule has 0 bridgehead atoms. The normalized spacial score (nSPS) is 12.2. The van der Waals surface area contributed by atoms with Gasteiger partial charge in [0.25, 0.3) is 0 Å². The van der Waals surface area contributed by atoms with Crippen LogP contribution < -0.4 is 5.73 Å². The van der Waals surface area contributed by atoms with Crippen LogP contribution in [0.1, 0.15) is 11.1 Å². The van der Waals surface area contributed by atoms with E-state index in [9.17, 15) is 13.2 Å². The Bertz CT molecular complexity index is 744. The molecular formula is C13H10F3N3S. The molecule has 0 fully saturated rings. The van der Waals surface area contributed by atoms with Gasteiger partial charge in [0.15, 0.2) is 0 Å². The lowest BCUT2D eigenvalue weighted by Gasteiger charge is -2.07. The predicted octanol–water partition coefficient (Wildman–Crippen LogP) is 3.75. The van der Waals surface area contributed by atoms with Gasteiger partial charge in [0.2, 0.25) is 5.95 Å². The van der Waals surface area contributed by atoms with E-state index in [1.54, 1.807) is 15.9 Å². The third kappa shape index (κ3) is 2.24. The van der Waals surface area contributed by atoms with Crippen molar-refractivity contribution in [1.29, 1.82) is 0 Å². The molecule has 0 unspecified atom stereocenters. The number of rotatable bonds is 2. The van der Waals surface area contributed by atoms with Gasteiger partial charge in [-0.1, -0.05) is 0 Å². The summed E-state index contributed by atoms with van der Waals surface area (Å²) in [4.78, 5) is 4.01. The minimum absolute atomic E-state index is 0.213. The first-order valence-electron chi connectivity index (χ1n) is 5.79. The Labute approximate surface area is 116 Å². The van der Waals surface area contributed by atoms with Crippen molar-refractivity contribution in [2.24, 2.45) is 0 Å². The molecule has 1 aromatic carbocycles. The van der Waals surface area contributed by atoms with E-state index < -0.39 is 11.7 Å². The molecule has 3 aromatic rings. The average molecular weight is 297 g/mol. The van der Waals surface area contributed by atoms with Crippen LogP contribution in [0.4, 0.5) is 19.1 Å². The maximum Gasteiger partial charge on any atom is 0.416 e. The van der Waals surface area contributed by atoms with Crippen molar-refractivity contribution in [1.82, 2.24) is 9.55 Å². The summed E-state index contributed by atoms with van der Waals surface area (Å²) in [7, 11) is 0. The van der Waals surface area contributed by atoms with E-state index in [4.69, 9.17) is 5.73 Å². The average Bonchev–Trinajstić information content (AvgIpc) is 2.97. The van der Waals surface area contributed by atoms with Gasteiger partial charge in [-0.3, -0.25) is 0 Å². The highest BCUT2D eigenvalue weighted by molar-refractivity contribution is 7.07. The smallest absolute Gasteiger partial charge is 0.369 e. The summed E-state index contributed by atoms with van der Waals surface area (Å²) >= 11 is 1.56. The molecule has 0 radical (unpaired) electrons. The minimum Gasteiger partial charge on any atom is -0.369 e. The largest absolute Gasteiger partial charge is 0.416 e. The molecule has 3 rings (SSSR count). The zero-order valence-electron chi connectivity index (χ0n) is 10.2. The van der Waals surface area contributed by atoms with Gasteiger partial charge in [-0.15, -0.1) is 0 Å². The Hall–Kier alpha value is -2.02. The lowest BCUT2D eigenvalue weighted by molar-refractivity contribution is -0.137. The Morgan fingerprint density at radius 2 is 2.05 bits per heavy atom. The molecule has 2 N–H and O–H groups in total. The van der Waals surface area contributed by atoms with Gasteiger partial charge >= 0.3 is 6.18 Å². The number of alkyl halides is 3. The number of nitrogen functional groups attached to an aromatic ring is 1. The quantitative estimate of drug-likeness (QED) is 0.783. The second-order valence-electron chi connectivity index (χ2n) is 4.39. The molecule has 0 atom stereocenters. The summed E-state index contributed by atoms with van der Waals surface area (Å²) in [5, 5.41) is 3.90. The van der Waals surface area contributed by atoms with E-state index in [1.165, 1.54) is 6.07 Å². The maximum absolute atomic E-state index is 12.7. The number of hydrogen-bond donors (Lipinski definition) is 1. The molecular weight excluding hydrogens is 287 g/mol. The van der Waals surface area contributed by atoms with E-state index in [-0.39, 0.29) is 11.5 Å². The molecule has 7 heteroatoms. The number of halogens is 3. The SMILES string of the molecule is Nc1nc2cc(C(F)(F)F)ccc2n1Cc1ccsc1. The van der Waals surface area contributed by atoms with Crippen molar-refractivity contribution in [2.45, 2.75) is 12.7 Å². The topological polar surface area (TPSA) is 43.8 Å². The molecule has 0 amide bonds. The van der Waals surface area contributed by atoms with Crippen LogP contribution >= 0.6 is 11.3 Å². The van der Waals surface area contributed by atoms with E-state index in [2.05, 4.69) is 4.98 Å². The van der Waals surface area contributed by atoms with E-state index in [0.717, 1.165) is 17.7 Å². The summed E-state index contributed by atoms with van der Waals surface area (Å²) in [6.07, 6.45) is -4.37. The molecule has 20 heavy (non-hydrogen) atoms. The van der Waals surface area contributed by atoms with E-state index in [1.807, 2.05) is 16.8 Å². The second kappa shape index (κ2) is 4.52. The van der Waals surface area contributed by atoms with Crippen molar-refractivity contribution in [3.05, 3.63) is 46.2 Å². The number of fused-ring (bicyclic) bond motifs is 1. The number of anilines is 1. The zero-order chi connectivity index (χ0) is 14.3. The molecule has 3 nitrogen and oxygen atoms in total. The summed E-state index contributed by atoms with van der Waals surface area (Å²) < 4.78 is 39.7. The number of imidazole rings is 1. The van der Waals surface area contributed by atoms with E-state index in [0.29, 0.717) is 12.1 Å². The van der Waals surface area contributed by atoms with Gasteiger partial charge in [-0.05, 0) is 40.6 Å². The standard InChI is InChI=1S/C13H10F3N3S/c14-13(15,16)9-1-2-11-10(5-9)18-12(17)19(11)6-8-3-4-20-7-8/h1-5,7H,6H2,(H2,17,18). The lowest BCUT2D eigenvalue weighted by atomic mass is 10.2. The fourth-order valence-electron chi connectivity index (χ4n) is 2.06. The zero-order valence-corrected chi connectivity index (χ0v) is 11.0. The van der Waals surface area contributed by atoms with Crippen molar-refractivity contribution >= 4 is 28.3 Å². The van der Waals surface area contributed by atoms with Gasteiger partial charge in [0.05, 0.1) is 23.1 Å². The Kier molecular flexibility index (Phi) is 2.93. The molecule has 0 aliphatic rings. The van der Waals surface area contributed by atoms with Gasteiger partial charge in [-0.2, -0.15) is 24.5 Å². The van der Waals surface area contributed by atoms with Crippen LogP contribution in [-0.4, -0.2) is 9.55 Å². The van der Waals surface area contributed by atoms with Crippen LogP contribution in [0.3, 0.4) is 0 Å². The van der Waals surface area contributed by atoms with Crippen molar-refractivity contribution in [3.8, 4) is 0 Å². The van der Waals surface area contributed by atoms with Crippen molar-refractivity contribution in [3.63, 3.8) is 0 Å². The van der Waals surface area contributed by atoms with Gasteiger partial charge < -0.3 is 10.3 Å². The highest BCUT2D eigenvalue weighted by atomic mass is 32.1. The molecule has 0 aliphatic carbocycles. The van der Waals surface area contributed by atoms with Crippen molar-refractivity contribution in [2.75, 3.05) is 5.73 Å². The van der Waals surface area contributed by atoms with Crippen LogP contribution in [0.25, 0.3) is 11.0 Å². The number of nitrogens with two attached hydrogens (primary N) is 1. The monoisotopic (exact) mass is 297 g/mol. The molecule has 0 saturated carbocycles. The Balaban J connectivity index is 2.08. The Morgan fingerprint density at radius 1 is 1.25 bits per heavy atom.